The number of carboxylic acids is 1. The second-order valence-corrected chi connectivity index (χ2v) is 3.47. The molecule has 5 heteroatoms. The number of carbonyl (C=O) groups is 1. The highest BCUT2D eigenvalue weighted by Crippen LogP contribution is 2.23. The van der Waals surface area contributed by atoms with Crippen LogP contribution in [-0.4, -0.2) is 11.1 Å². The molecule has 0 bridgehead atoms. The Labute approximate surface area is 99.6 Å². The summed E-state index contributed by atoms with van der Waals surface area (Å²) >= 11 is 5.91. The van der Waals surface area contributed by atoms with E-state index in [1.165, 1.54) is 0 Å². The Morgan fingerprint density at radius 3 is 2.60 bits per heavy atom. The maximum Gasteiger partial charge on any atom is 0.303 e. The first-order chi connectivity index (χ1) is 6.61. The standard InChI is InChI=1S/C10H12ClNO2.ClH/c11-8-4-2-1-3-7(8)9(12)5-6-10(13)14;/h1-4,9H,5-6,12H2,(H,13,14);1H/t9-;/m1./s1. The van der Waals surface area contributed by atoms with E-state index in [2.05, 4.69) is 0 Å². The lowest BCUT2D eigenvalue weighted by Crippen LogP contribution is -2.12. The van der Waals surface area contributed by atoms with E-state index in [0.29, 0.717) is 11.4 Å². The Bertz CT molecular complexity index is 331. The van der Waals surface area contributed by atoms with Crippen LogP contribution in [-0.2, 0) is 4.79 Å². The molecule has 0 saturated carbocycles. The second-order valence-electron chi connectivity index (χ2n) is 3.06. The molecule has 3 nitrogen and oxygen atoms in total. The number of carboxylic acid groups (broad SMARTS) is 1. The van der Waals surface area contributed by atoms with Crippen LogP contribution in [0.1, 0.15) is 24.4 Å². The molecule has 0 amide bonds. The largest absolute Gasteiger partial charge is 0.481 e. The van der Waals surface area contributed by atoms with E-state index < -0.39 is 5.97 Å². The molecular formula is C10H13Cl2NO2. The predicted molar refractivity (Wildman–Crippen MR) is 62.5 cm³/mol. The molecule has 1 atom stereocenters. The van der Waals surface area contributed by atoms with Crippen LogP contribution in [0.15, 0.2) is 24.3 Å². The minimum absolute atomic E-state index is 0. The van der Waals surface area contributed by atoms with Gasteiger partial charge < -0.3 is 10.8 Å². The van der Waals surface area contributed by atoms with Gasteiger partial charge >= 0.3 is 5.97 Å². The van der Waals surface area contributed by atoms with Crippen molar-refractivity contribution in [2.45, 2.75) is 18.9 Å². The molecule has 0 fully saturated rings. The Balaban J connectivity index is 0.00000196. The van der Waals surface area contributed by atoms with Crippen molar-refractivity contribution < 1.29 is 9.90 Å². The first-order valence-electron chi connectivity index (χ1n) is 4.33. The highest BCUT2D eigenvalue weighted by molar-refractivity contribution is 6.31. The van der Waals surface area contributed by atoms with Crippen molar-refractivity contribution in [1.82, 2.24) is 0 Å². The average molecular weight is 250 g/mol. The number of rotatable bonds is 4. The smallest absolute Gasteiger partial charge is 0.303 e. The van der Waals surface area contributed by atoms with Crippen molar-refractivity contribution in [1.29, 1.82) is 0 Å². The van der Waals surface area contributed by atoms with Gasteiger partial charge in [0.15, 0.2) is 0 Å². The Morgan fingerprint density at radius 1 is 1.47 bits per heavy atom. The SMILES string of the molecule is Cl.N[C@H](CCC(=O)O)c1ccccc1Cl. The molecule has 0 aliphatic heterocycles. The maximum absolute atomic E-state index is 10.3. The third kappa shape index (κ3) is 4.51. The summed E-state index contributed by atoms with van der Waals surface area (Å²) in [5, 5.41) is 9.08. The predicted octanol–water partition coefficient (Wildman–Crippen LogP) is 2.63. The molecule has 0 aliphatic carbocycles. The van der Waals surface area contributed by atoms with Gasteiger partial charge in [-0.1, -0.05) is 29.8 Å². The van der Waals surface area contributed by atoms with Crippen molar-refractivity contribution in [3.8, 4) is 0 Å². The summed E-state index contributed by atoms with van der Waals surface area (Å²) in [6.07, 6.45) is 0.464. The van der Waals surface area contributed by atoms with Gasteiger partial charge in [-0.2, -0.15) is 0 Å². The van der Waals surface area contributed by atoms with Crippen molar-refractivity contribution in [3.63, 3.8) is 0 Å². The van der Waals surface area contributed by atoms with E-state index >= 15 is 0 Å². The normalized spacial score (nSPS) is 11.6. The van der Waals surface area contributed by atoms with Gasteiger partial charge in [-0.05, 0) is 18.1 Å². The lowest BCUT2D eigenvalue weighted by atomic mass is 10.0. The van der Waals surface area contributed by atoms with Crippen LogP contribution in [0.3, 0.4) is 0 Å². The van der Waals surface area contributed by atoms with Crippen molar-refractivity contribution in [2.24, 2.45) is 5.73 Å². The zero-order valence-electron chi connectivity index (χ0n) is 8.02. The first kappa shape index (κ1) is 14.2. The summed E-state index contributed by atoms with van der Waals surface area (Å²) in [7, 11) is 0. The van der Waals surface area contributed by atoms with Crippen LogP contribution in [0, 0.1) is 0 Å². The van der Waals surface area contributed by atoms with E-state index in [9.17, 15) is 4.79 Å². The van der Waals surface area contributed by atoms with Crippen LogP contribution in [0.2, 0.25) is 5.02 Å². The van der Waals surface area contributed by atoms with Gasteiger partial charge in [0.05, 0.1) is 0 Å². The zero-order valence-corrected chi connectivity index (χ0v) is 9.59. The summed E-state index contributed by atoms with van der Waals surface area (Å²) in [5.41, 5.74) is 6.60. The molecule has 0 spiro atoms. The molecule has 1 aromatic carbocycles. The summed E-state index contributed by atoms with van der Waals surface area (Å²) in [5.74, 6) is -0.840. The fourth-order valence-electron chi connectivity index (χ4n) is 1.21. The van der Waals surface area contributed by atoms with Crippen LogP contribution >= 0.6 is 24.0 Å². The molecule has 15 heavy (non-hydrogen) atoms. The van der Waals surface area contributed by atoms with Gasteiger partial charge in [-0.25, -0.2) is 0 Å². The molecular weight excluding hydrogens is 237 g/mol. The Kier molecular flexibility index (Phi) is 6.32. The molecule has 0 aliphatic rings. The minimum atomic E-state index is -0.840. The second kappa shape index (κ2) is 6.67. The number of hydrogen-bond acceptors (Lipinski definition) is 2. The van der Waals surface area contributed by atoms with Crippen LogP contribution in [0.5, 0.6) is 0 Å². The highest BCUT2D eigenvalue weighted by atomic mass is 35.5. The topological polar surface area (TPSA) is 63.3 Å². The van der Waals surface area contributed by atoms with Crippen molar-refractivity contribution >= 4 is 30.0 Å². The Hall–Kier alpha value is -0.770. The van der Waals surface area contributed by atoms with Crippen molar-refractivity contribution in [3.05, 3.63) is 34.9 Å². The van der Waals surface area contributed by atoms with Crippen LogP contribution in [0.4, 0.5) is 0 Å². The molecule has 1 rings (SSSR count). The summed E-state index contributed by atoms with van der Waals surface area (Å²) in [6, 6.07) is 6.91. The van der Waals surface area contributed by atoms with E-state index in [-0.39, 0.29) is 24.9 Å². The number of hydrogen-bond donors (Lipinski definition) is 2. The fourth-order valence-corrected chi connectivity index (χ4v) is 1.49. The van der Waals surface area contributed by atoms with Crippen LogP contribution in [0.25, 0.3) is 0 Å². The number of aliphatic carboxylic acids is 1. The maximum atomic E-state index is 10.3. The third-order valence-corrected chi connectivity index (χ3v) is 2.32. The summed E-state index contributed by atoms with van der Waals surface area (Å²) < 4.78 is 0. The molecule has 0 saturated heterocycles. The van der Waals surface area contributed by atoms with E-state index in [0.717, 1.165) is 5.56 Å². The molecule has 0 radical (unpaired) electrons. The third-order valence-electron chi connectivity index (χ3n) is 1.97. The molecule has 0 heterocycles. The summed E-state index contributed by atoms with van der Waals surface area (Å²) in [4.78, 5) is 10.3. The Morgan fingerprint density at radius 2 is 2.07 bits per heavy atom. The highest BCUT2D eigenvalue weighted by Gasteiger charge is 2.10. The van der Waals surface area contributed by atoms with Gasteiger partial charge in [0.2, 0.25) is 0 Å². The summed E-state index contributed by atoms with van der Waals surface area (Å²) in [6.45, 7) is 0. The molecule has 0 unspecified atom stereocenters. The fraction of sp³-hybridized carbons (Fsp3) is 0.300. The zero-order chi connectivity index (χ0) is 10.6. The van der Waals surface area contributed by atoms with Gasteiger partial charge in [0.25, 0.3) is 0 Å². The van der Waals surface area contributed by atoms with Gasteiger partial charge in [0, 0.05) is 17.5 Å². The lowest BCUT2D eigenvalue weighted by molar-refractivity contribution is -0.137. The van der Waals surface area contributed by atoms with Gasteiger partial charge in [-0.3, -0.25) is 4.79 Å². The van der Waals surface area contributed by atoms with E-state index in [4.69, 9.17) is 22.4 Å². The minimum Gasteiger partial charge on any atom is -0.481 e. The number of benzene rings is 1. The molecule has 84 valence electrons. The van der Waals surface area contributed by atoms with E-state index in [1.807, 2.05) is 18.2 Å². The molecule has 0 aromatic heterocycles. The number of nitrogens with two attached hydrogens (primary N) is 1. The van der Waals surface area contributed by atoms with E-state index in [1.54, 1.807) is 6.07 Å². The quantitative estimate of drug-likeness (QED) is 0.863. The van der Waals surface area contributed by atoms with Gasteiger partial charge in [0.1, 0.15) is 0 Å². The molecule has 1 aromatic rings. The van der Waals surface area contributed by atoms with Crippen LogP contribution < -0.4 is 5.73 Å². The lowest BCUT2D eigenvalue weighted by Gasteiger charge is -2.11. The monoisotopic (exact) mass is 249 g/mol. The first-order valence-corrected chi connectivity index (χ1v) is 4.71. The molecule has 3 N–H and O–H groups in total. The number of halogens is 2. The van der Waals surface area contributed by atoms with Gasteiger partial charge in [-0.15, -0.1) is 12.4 Å². The average Bonchev–Trinajstić information content (AvgIpc) is 2.15. The van der Waals surface area contributed by atoms with Crippen molar-refractivity contribution in [2.75, 3.05) is 0 Å².